The van der Waals surface area contributed by atoms with Crippen LogP contribution in [-0.4, -0.2) is 10.9 Å². The van der Waals surface area contributed by atoms with Gasteiger partial charge < -0.3 is 5.32 Å². The molecule has 1 aliphatic carbocycles. The molecule has 0 unspecified atom stereocenters. The Morgan fingerprint density at radius 3 is 2.80 bits per heavy atom. The molecule has 3 rings (SSSR count). The van der Waals surface area contributed by atoms with E-state index in [0.717, 1.165) is 35.3 Å². The number of aromatic nitrogens is 1. The number of pyridine rings is 1. The predicted molar refractivity (Wildman–Crippen MR) is 81.5 cm³/mol. The fraction of sp³-hybridized carbons (Fsp3) is 0.412. The summed E-state index contributed by atoms with van der Waals surface area (Å²) in [5.41, 5.74) is 1.83. The Balaban J connectivity index is 1.71. The number of nitrogens with one attached hydrogen (secondary N) is 1. The van der Waals surface area contributed by atoms with Gasteiger partial charge in [-0.25, -0.2) is 0 Å². The molecule has 0 radical (unpaired) electrons. The van der Waals surface area contributed by atoms with Crippen molar-refractivity contribution in [3.63, 3.8) is 0 Å². The molecule has 1 saturated carbocycles. The molecule has 0 spiro atoms. The van der Waals surface area contributed by atoms with Crippen LogP contribution in [0.5, 0.6) is 0 Å². The van der Waals surface area contributed by atoms with Gasteiger partial charge in [0.15, 0.2) is 0 Å². The maximum Gasteiger partial charge on any atom is 0.227 e. The lowest BCUT2D eigenvalue weighted by Crippen LogP contribution is -2.26. The number of carbonyl (C=O) groups is 1. The van der Waals surface area contributed by atoms with E-state index < -0.39 is 0 Å². The summed E-state index contributed by atoms with van der Waals surface area (Å²) < 4.78 is 0. The largest absolute Gasteiger partial charge is 0.326 e. The van der Waals surface area contributed by atoms with E-state index in [0.29, 0.717) is 0 Å². The third-order valence-corrected chi connectivity index (χ3v) is 4.26. The van der Waals surface area contributed by atoms with Crippen LogP contribution >= 0.6 is 0 Å². The van der Waals surface area contributed by atoms with Crippen LogP contribution in [0.4, 0.5) is 5.69 Å². The average Bonchev–Trinajstić information content (AvgIpc) is 2.48. The van der Waals surface area contributed by atoms with Crippen LogP contribution in [0.3, 0.4) is 0 Å². The summed E-state index contributed by atoms with van der Waals surface area (Å²) in [6.45, 7) is 2.27. The molecule has 3 nitrogen and oxygen atoms in total. The van der Waals surface area contributed by atoms with Gasteiger partial charge >= 0.3 is 0 Å². The van der Waals surface area contributed by atoms with Crippen molar-refractivity contribution < 1.29 is 4.79 Å². The van der Waals surface area contributed by atoms with Crippen molar-refractivity contribution in [3.8, 4) is 0 Å². The fourth-order valence-electron chi connectivity index (χ4n) is 2.92. The normalized spacial score (nSPS) is 22.6. The number of anilines is 1. The lowest BCUT2D eigenvalue weighted by molar-refractivity contribution is -0.121. The van der Waals surface area contributed by atoms with Gasteiger partial charge in [0.05, 0.1) is 5.52 Å². The van der Waals surface area contributed by atoms with Gasteiger partial charge in [-0.2, -0.15) is 0 Å². The molecule has 104 valence electrons. The maximum absolute atomic E-state index is 12.3. The van der Waals surface area contributed by atoms with E-state index in [4.69, 9.17) is 0 Å². The topological polar surface area (TPSA) is 42.0 Å². The quantitative estimate of drug-likeness (QED) is 0.894. The molecule has 1 aromatic carbocycles. The molecule has 1 aromatic heterocycles. The summed E-state index contributed by atoms with van der Waals surface area (Å²) in [4.78, 5) is 16.6. The molecule has 1 amide bonds. The smallest absolute Gasteiger partial charge is 0.227 e. The van der Waals surface area contributed by atoms with Crippen molar-refractivity contribution in [2.24, 2.45) is 11.8 Å². The highest BCUT2D eigenvalue weighted by atomic mass is 16.1. The molecule has 0 aliphatic heterocycles. The van der Waals surface area contributed by atoms with Crippen molar-refractivity contribution in [1.29, 1.82) is 0 Å². The Labute approximate surface area is 119 Å². The first kappa shape index (κ1) is 13.1. The number of carbonyl (C=O) groups excluding carboxylic acids is 1. The van der Waals surface area contributed by atoms with Crippen molar-refractivity contribution in [2.75, 3.05) is 5.32 Å². The number of rotatable bonds is 2. The molecule has 0 saturated heterocycles. The lowest BCUT2D eigenvalue weighted by atomic mass is 9.82. The zero-order valence-corrected chi connectivity index (χ0v) is 11.8. The Morgan fingerprint density at radius 2 is 2.00 bits per heavy atom. The van der Waals surface area contributed by atoms with Crippen molar-refractivity contribution in [2.45, 2.75) is 32.6 Å². The summed E-state index contributed by atoms with van der Waals surface area (Å²) in [5, 5.41) is 4.11. The van der Waals surface area contributed by atoms with E-state index in [2.05, 4.69) is 17.2 Å². The predicted octanol–water partition coefficient (Wildman–Crippen LogP) is 4.00. The van der Waals surface area contributed by atoms with Gasteiger partial charge in [-0.05, 0) is 55.9 Å². The lowest BCUT2D eigenvalue weighted by Gasteiger charge is -2.25. The highest BCUT2D eigenvalue weighted by molar-refractivity contribution is 5.95. The van der Waals surface area contributed by atoms with E-state index in [1.54, 1.807) is 6.20 Å². The Kier molecular flexibility index (Phi) is 3.68. The van der Waals surface area contributed by atoms with E-state index in [-0.39, 0.29) is 11.8 Å². The van der Waals surface area contributed by atoms with Crippen LogP contribution in [0.2, 0.25) is 0 Å². The zero-order chi connectivity index (χ0) is 13.9. The number of benzene rings is 1. The molecule has 3 heteroatoms. The van der Waals surface area contributed by atoms with Gasteiger partial charge in [-0.1, -0.05) is 13.0 Å². The number of hydrogen-bond donors (Lipinski definition) is 1. The van der Waals surface area contributed by atoms with Crippen LogP contribution < -0.4 is 5.32 Å². The van der Waals surface area contributed by atoms with E-state index in [1.165, 1.54) is 12.8 Å². The Bertz CT molecular complexity index is 615. The van der Waals surface area contributed by atoms with Gasteiger partial charge in [0, 0.05) is 23.2 Å². The summed E-state index contributed by atoms with van der Waals surface area (Å²) in [5.74, 6) is 1.11. The molecular weight excluding hydrogens is 248 g/mol. The number of nitrogens with zero attached hydrogens (tertiary/aromatic N) is 1. The summed E-state index contributed by atoms with van der Waals surface area (Å²) in [6.07, 6.45) is 6.15. The first-order valence-electron chi connectivity index (χ1n) is 7.38. The highest BCUT2D eigenvalue weighted by Crippen LogP contribution is 2.29. The second-order valence-electron chi connectivity index (χ2n) is 5.86. The van der Waals surface area contributed by atoms with Crippen molar-refractivity contribution in [3.05, 3.63) is 36.5 Å². The monoisotopic (exact) mass is 268 g/mol. The SMILES string of the molecule is CC1CCC(C(=O)Nc2ccc3ncccc3c2)CC1. The van der Waals surface area contributed by atoms with Gasteiger partial charge in [-0.3, -0.25) is 9.78 Å². The molecule has 1 heterocycles. The third kappa shape index (κ3) is 2.82. The third-order valence-electron chi connectivity index (χ3n) is 4.26. The van der Waals surface area contributed by atoms with E-state index in [1.807, 2.05) is 30.3 Å². The minimum absolute atomic E-state index is 0.167. The second-order valence-corrected chi connectivity index (χ2v) is 5.86. The van der Waals surface area contributed by atoms with Crippen LogP contribution in [0.25, 0.3) is 10.9 Å². The van der Waals surface area contributed by atoms with Gasteiger partial charge in [-0.15, -0.1) is 0 Å². The molecule has 2 aromatic rings. The number of hydrogen-bond acceptors (Lipinski definition) is 2. The van der Waals surface area contributed by atoms with Crippen LogP contribution in [0, 0.1) is 11.8 Å². The summed E-state index contributed by atoms with van der Waals surface area (Å²) >= 11 is 0. The average molecular weight is 268 g/mol. The van der Waals surface area contributed by atoms with Crippen LogP contribution in [-0.2, 0) is 4.79 Å². The number of fused-ring (bicyclic) bond motifs is 1. The molecule has 1 N–H and O–H groups in total. The highest BCUT2D eigenvalue weighted by Gasteiger charge is 2.24. The maximum atomic E-state index is 12.3. The zero-order valence-electron chi connectivity index (χ0n) is 11.8. The molecule has 1 aliphatic rings. The summed E-state index contributed by atoms with van der Waals surface area (Å²) in [6, 6.07) is 9.80. The Hall–Kier alpha value is -1.90. The van der Waals surface area contributed by atoms with Crippen molar-refractivity contribution >= 4 is 22.5 Å². The second kappa shape index (κ2) is 5.61. The molecule has 20 heavy (non-hydrogen) atoms. The molecule has 1 fully saturated rings. The van der Waals surface area contributed by atoms with E-state index >= 15 is 0 Å². The summed E-state index contributed by atoms with van der Waals surface area (Å²) in [7, 11) is 0. The standard InChI is InChI=1S/C17H20N2O/c1-12-4-6-13(7-5-12)17(20)19-15-8-9-16-14(11-15)3-2-10-18-16/h2-3,8-13H,4-7H2,1H3,(H,19,20). The molecule has 0 bridgehead atoms. The van der Waals surface area contributed by atoms with E-state index in [9.17, 15) is 4.79 Å². The van der Waals surface area contributed by atoms with Gasteiger partial charge in [0.1, 0.15) is 0 Å². The van der Waals surface area contributed by atoms with Crippen LogP contribution in [0.15, 0.2) is 36.5 Å². The van der Waals surface area contributed by atoms with Gasteiger partial charge in [0.25, 0.3) is 0 Å². The van der Waals surface area contributed by atoms with Crippen molar-refractivity contribution in [1.82, 2.24) is 4.98 Å². The van der Waals surface area contributed by atoms with Gasteiger partial charge in [0.2, 0.25) is 5.91 Å². The fourth-order valence-corrected chi connectivity index (χ4v) is 2.92. The number of amides is 1. The molecule has 0 atom stereocenters. The Morgan fingerprint density at radius 1 is 1.20 bits per heavy atom. The minimum Gasteiger partial charge on any atom is -0.326 e. The van der Waals surface area contributed by atoms with Crippen LogP contribution in [0.1, 0.15) is 32.6 Å². The molecular formula is C17H20N2O. The minimum atomic E-state index is 0.167. The first-order valence-corrected chi connectivity index (χ1v) is 7.38. The first-order chi connectivity index (χ1) is 9.72.